The van der Waals surface area contributed by atoms with Crippen molar-refractivity contribution in [2.24, 2.45) is 29.1 Å². The lowest BCUT2D eigenvalue weighted by molar-refractivity contribution is -0.174. The van der Waals surface area contributed by atoms with Crippen molar-refractivity contribution < 1.29 is 38.1 Å². The van der Waals surface area contributed by atoms with Gasteiger partial charge >= 0.3 is 23.9 Å². The summed E-state index contributed by atoms with van der Waals surface area (Å²) in [5.41, 5.74) is -1.20. The molecule has 0 saturated carbocycles. The van der Waals surface area contributed by atoms with Crippen molar-refractivity contribution in [1.29, 1.82) is 0 Å². The zero-order valence-electron chi connectivity index (χ0n) is 18.9. The summed E-state index contributed by atoms with van der Waals surface area (Å²) in [6.45, 7) is 12.5. The summed E-state index contributed by atoms with van der Waals surface area (Å²) in [6.07, 6.45) is 0. The van der Waals surface area contributed by atoms with Crippen LogP contribution in [-0.2, 0) is 38.1 Å². The van der Waals surface area contributed by atoms with E-state index in [1.54, 1.807) is 55.4 Å². The minimum absolute atomic E-state index is 0.230. The molecule has 0 aromatic carbocycles. The normalized spacial score (nSPS) is 11.7. The Balaban J connectivity index is 5.58. The largest absolute Gasteiger partial charge is 0.464 e. The molecule has 8 heteroatoms. The van der Waals surface area contributed by atoms with Gasteiger partial charge in [0, 0.05) is 0 Å². The number of esters is 4. The third-order valence-corrected chi connectivity index (χ3v) is 3.97. The molecule has 8 nitrogen and oxygen atoms in total. The Hall–Kier alpha value is -2.12. The Bertz CT molecular complexity index is 462. The number of rotatable bonds is 12. The van der Waals surface area contributed by atoms with Crippen molar-refractivity contribution in [1.82, 2.24) is 0 Å². The van der Waals surface area contributed by atoms with Gasteiger partial charge in [-0.2, -0.15) is 0 Å². The maximum Gasteiger partial charge on any atom is 0.308 e. The van der Waals surface area contributed by atoms with Crippen LogP contribution >= 0.6 is 0 Å². The first-order chi connectivity index (χ1) is 13.3. The van der Waals surface area contributed by atoms with Crippen LogP contribution in [0.5, 0.6) is 0 Å². The average molecular weight is 417 g/mol. The van der Waals surface area contributed by atoms with Crippen molar-refractivity contribution in [3.63, 3.8) is 0 Å². The SMILES string of the molecule is CC(C)C(=O)OCC(COC(=O)C(C)C)(COC(=O)C(C)C)COC(=O)C(C)C. The lowest BCUT2D eigenvalue weighted by Gasteiger charge is -2.32. The van der Waals surface area contributed by atoms with Crippen LogP contribution in [0.2, 0.25) is 0 Å². The topological polar surface area (TPSA) is 105 Å². The maximum atomic E-state index is 12.0. The van der Waals surface area contributed by atoms with Crippen LogP contribution in [0.3, 0.4) is 0 Å². The molecule has 0 amide bonds. The summed E-state index contributed by atoms with van der Waals surface area (Å²) in [5.74, 6) is -3.34. The monoisotopic (exact) mass is 416 g/mol. The first kappa shape index (κ1) is 26.9. The Morgan fingerprint density at radius 3 is 0.793 bits per heavy atom. The Morgan fingerprint density at radius 2 is 0.655 bits per heavy atom. The van der Waals surface area contributed by atoms with Crippen LogP contribution in [-0.4, -0.2) is 50.3 Å². The molecule has 0 aromatic rings. The molecule has 0 aliphatic heterocycles. The number of carbonyl (C=O) groups is 4. The molecule has 0 spiro atoms. The van der Waals surface area contributed by atoms with Gasteiger partial charge in [-0.1, -0.05) is 55.4 Å². The molecule has 0 saturated heterocycles. The molecular weight excluding hydrogens is 380 g/mol. The van der Waals surface area contributed by atoms with Crippen LogP contribution in [0.4, 0.5) is 0 Å². The molecule has 0 aliphatic carbocycles. The van der Waals surface area contributed by atoms with E-state index in [0.29, 0.717) is 0 Å². The Morgan fingerprint density at radius 1 is 0.483 bits per heavy atom. The van der Waals surface area contributed by atoms with Gasteiger partial charge < -0.3 is 18.9 Å². The van der Waals surface area contributed by atoms with Gasteiger partial charge in [0.25, 0.3) is 0 Å². The minimum Gasteiger partial charge on any atom is -0.464 e. The van der Waals surface area contributed by atoms with Crippen LogP contribution in [0.25, 0.3) is 0 Å². The predicted molar refractivity (Wildman–Crippen MR) is 106 cm³/mol. The van der Waals surface area contributed by atoms with Crippen LogP contribution < -0.4 is 0 Å². The third-order valence-electron chi connectivity index (χ3n) is 3.97. The molecule has 0 aromatic heterocycles. The van der Waals surface area contributed by atoms with Crippen molar-refractivity contribution in [2.75, 3.05) is 26.4 Å². The fraction of sp³-hybridized carbons (Fsp3) is 0.810. The van der Waals surface area contributed by atoms with E-state index in [0.717, 1.165) is 0 Å². The molecular formula is C21H36O8. The second-order valence-corrected chi connectivity index (χ2v) is 8.55. The standard InChI is InChI=1S/C21H36O8/c1-13(2)17(22)26-9-21(10-27-18(23)14(3)4,11-28-19(24)15(5)6)12-29-20(25)16(7)8/h13-16H,9-12H2,1-8H3. The average Bonchev–Trinajstić information content (AvgIpc) is 2.64. The molecule has 0 heterocycles. The number of hydrogen-bond donors (Lipinski definition) is 0. The molecule has 0 unspecified atom stereocenters. The van der Waals surface area contributed by atoms with E-state index < -0.39 is 29.3 Å². The second kappa shape index (κ2) is 12.4. The van der Waals surface area contributed by atoms with E-state index in [2.05, 4.69) is 0 Å². The van der Waals surface area contributed by atoms with Gasteiger partial charge in [0.1, 0.15) is 31.8 Å². The minimum atomic E-state index is -1.20. The fourth-order valence-corrected chi connectivity index (χ4v) is 1.81. The summed E-state index contributed by atoms with van der Waals surface area (Å²) in [4.78, 5) is 47.9. The van der Waals surface area contributed by atoms with Crippen molar-refractivity contribution >= 4 is 23.9 Å². The molecule has 168 valence electrons. The molecule has 0 radical (unpaired) electrons. The van der Waals surface area contributed by atoms with Gasteiger partial charge in [-0.3, -0.25) is 19.2 Å². The molecule has 0 rings (SSSR count). The predicted octanol–water partition coefficient (Wildman–Crippen LogP) is 2.77. The van der Waals surface area contributed by atoms with Gasteiger partial charge in [0.05, 0.1) is 23.7 Å². The zero-order valence-corrected chi connectivity index (χ0v) is 18.9. The number of carbonyl (C=O) groups excluding carboxylic acids is 4. The highest BCUT2D eigenvalue weighted by Crippen LogP contribution is 2.23. The van der Waals surface area contributed by atoms with Crippen molar-refractivity contribution in [3.05, 3.63) is 0 Å². The van der Waals surface area contributed by atoms with Crippen LogP contribution in [0, 0.1) is 29.1 Å². The van der Waals surface area contributed by atoms with Crippen molar-refractivity contribution in [2.45, 2.75) is 55.4 Å². The van der Waals surface area contributed by atoms with Crippen LogP contribution in [0.1, 0.15) is 55.4 Å². The lowest BCUT2D eigenvalue weighted by atomic mass is 9.91. The third kappa shape index (κ3) is 10.3. The van der Waals surface area contributed by atoms with Crippen LogP contribution in [0.15, 0.2) is 0 Å². The first-order valence-corrected chi connectivity index (χ1v) is 9.98. The van der Waals surface area contributed by atoms with E-state index in [1.807, 2.05) is 0 Å². The molecule has 0 fully saturated rings. The lowest BCUT2D eigenvalue weighted by Crippen LogP contribution is -2.45. The van der Waals surface area contributed by atoms with Gasteiger partial charge in [-0.05, 0) is 0 Å². The highest BCUT2D eigenvalue weighted by atomic mass is 16.6. The Labute approximate surface area is 173 Å². The first-order valence-electron chi connectivity index (χ1n) is 9.98. The van der Waals surface area contributed by atoms with Gasteiger partial charge in [0.15, 0.2) is 0 Å². The molecule has 0 bridgehead atoms. The molecule has 0 atom stereocenters. The quantitative estimate of drug-likeness (QED) is 0.353. The Kier molecular flexibility index (Phi) is 11.5. The second-order valence-electron chi connectivity index (χ2n) is 8.55. The smallest absolute Gasteiger partial charge is 0.308 e. The van der Waals surface area contributed by atoms with E-state index in [1.165, 1.54) is 0 Å². The number of hydrogen-bond acceptors (Lipinski definition) is 8. The van der Waals surface area contributed by atoms with E-state index in [4.69, 9.17) is 18.9 Å². The summed E-state index contributed by atoms with van der Waals surface area (Å²) in [7, 11) is 0. The maximum absolute atomic E-state index is 12.0. The highest BCUT2D eigenvalue weighted by molar-refractivity contribution is 5.73. The van der Waals surface area contributed by atoms with Gasteiger partial charge in [-0.15, -0.1) is 0 Å². The van der Waals surface area contributed by atoms with Gasteiger partial charge in [0.2, 0.25) is 0 Å². The summed E-state index contributed by atoms with van der Waals surface area (Å²) >= 11 is 0. The van der Waals surface area contributed by atoms with Gasteiger partial charge in [-0.25, -0.2) is 0 Å². The zero-order chi connectivity index (χ0) is 22.8. The molecule has 0 N–H and O–H groups in total. The van der Waals surface area contributed by atoms with Crippen molar-refractivity contribution in [3.8, 4) is 0 Å². The fourth-order valence-electron chi connectivity index (χ4n) is 1.81. The molecule has 0 aliphatic rings. The van der Waals surface area contributed by atoms with E-state index >= 15 is 0 Å². The summed E-state index contributed by atoms with van der Waals surface area (Å²) < 4.78 is 21.3. The highest BCUT2D eigenvalue weighted by Gasteiger charge is 2.38. The summed E-state index contributed by atoms with van der Waals surface area (Å²) in [6, 6.07) is 0. The summed E-state index contributed by atoms with van der Waals surface area (Å²) in [5, 5.41) is 0. The molecule has 29 heavy (non-hydrogen) atoms. The van der Waals surface area contributed by atoms with E-state index in [9.17, 15) is 19.2 Å². The number of ether oxygens (including phenoxy) is 4. The van der Waals surface area contributed by atoms with E-state index in [-0.39, 0.29) is 50.1 Å².